The number of halogens is 2. The summed E-state index contributed by atoms with van der Waals surface area (Å²) < 4.78 is 9.57. The van der Waals surface area contributed by atoms with Crippen molar-refractivity contribution in [2.24, 2.45) is 0 Å². The van der Waals surface area contributed by atoms with Crippen molar-refractivity contribution in [2.75, 3.05) is 52.4 Å². The van der Waals surface area contributed by atoms with Gasteiger partial charge in [0.15, 0.2) is 6.10 Å². The first-order valence-corrected chi connectivity index (χ1v) is 17.4. The van der Waals surface area contributed by atoms with Gasteiger partial charge in [0.2, 0.25) is 0 Å². The lowest BCUT2D eigenvalue weighted by Crippen LogP contribution is -2.54. The molecule has 1 atom stereocenters. The molecule has 3 aliphatic heterocycles. The zero-order valence-electron chi connectivity index (χ0n) is 25.3. The molecule has 10 nitrogen and oxygen atoms in total. The number of benzene rings is 2. The van der Waals surface area contributed by atoms with E-state index in [0.717, 1.165) is 64.8 Å². The number of aromatic nitrogens is 2. The number of carbonyl (C=O) groups excluding carboxylic acids is 2. The Morgan fingerprint density at radius 1 is 0.844 bits per heavy atom. The van der Waals surface area contributed by atoms with Crippen LogP contribution in [0.3, 0.4) is 0 Å². The van der Waals surface area contributed by atoms with Crippen molar-refractivity contribution in [1.82, 2.24) is 29.6 Å². The zero-order valence-corrected chi connectivity index (χ0v) is 28.5. The number of carbonyl (C=O) groups is 2. The number of rotatable bonds is 7. The van der Waals surface area contributed by atoms with Gasteiger partial charge in [-0.05, 0) is 80.8 Å². The molecule has 4 heterocycles. The van der Waals surface area contributed by atoms with Crippen molar-refractivity contribution in [3.63, 3.8) is 0 Å². The lowest BCUT2D eigenvalue weighted by atomic mass is 10.0. The fourth-order valence-electron chi connectivity index (χ4n) is 6.73. The highest BCUT2D eigenvalue weighted by Crippen LogP contribution is 2.27. The molecular formula is C33H40Br2N6O4. The third kappa shape index (κ3) is 7.73. The van der Waals surface area contributed by atoms with E-state index in [1.54, 1.807) is 9.47 Å². The van der Waals surface area contributed by atoms with Crippen LogP contribution < -0.4 is 11.0 Å². The van der Waals surface area contributed by atoms with Crippen LogP contribution in [0.4, 0.5) is 4.79 Å². The molecule has 3 aliphatic rings. The molecule has 2 aromatic carbocycles. The summed E-state index contributed by atoms with van der Waals surface area (Å²) >= 11 is 7.07. The van der Waals surface area contributed by atoms with Gasteiger partial charge in [-0.25, -0.2) is 9.59 Å². The third-order valence-corrected chi connectivity index (χ3v) is 11.2. The summed E-state index contributed by atoms with van der Waals surface area (Å²) in [6.07, 6.45) is 3.86. The first-order chi connectivity index (χ1) is 21.9. The maximum atomic E-state index is 13.9. The van der Waals surface area contributed by atoms with Crippen molar-refractivity contribution >= 4 is 43.9 Å². The van der Waals surface area contributed by atoms with E-state index in [0.29, 0.717) is 51.5 Å². The highest BCUT2D eigenvalue weighted by Gasteiger charge is 2.35. The van der Waals surface area contributed by atoms with Gasteiger partial charge in [0.05, 0.1) is 5.69 Å². The van der Waals surface area contributed by atoms with Crippen molar-refractivity contribution < 1.29 is 14.3 Å². The largest absolute Gasteiger partial charge is 0.436 e. The zero-order chi connectivity index (χ0) is 31.3. The lowest BCUT2D eigenvalue weighted by Gasteiger charge is -2.41. The molecule has 1 aromatic heterocycles. The second kappa shape index (κ2) is 14.7. The molecule has 0 aliphatic carbocycles. The average Bonchev–Trinajstić information content (AvgIpc) is 3.48. The summed E-state index contributed by atoms with van der Waals surface area (Å²) in [6.45, 7) is 6.31. The van der Waals surface area contributed by atoms with Crippen LogP contribution in [0.25, 0.3) is 11.3 Å². The highest BCUT2D eigenvalue weighted by molar-refractivity contribution is 9.13. The Hall–Kier alpha value is -2.93. The van der Waals surface area contributed by atoms with E-state index in [-0.39, 0.29) is 17.6 Å². The first kappa shape index (κ1) is 32.0. The molecule has 3 fully saturated rings. The lowest BCUT2D eigenvalue weighted by molar-refractivity contribution is -0.142. The maximum Gasteiger partial charge on any atom is 0.410 e. The number of piperazine rings is 1. The fourth-order valence-corrected chi connectivity index (χ4v) is 7.40. The number of hydrogen-bond acceptors (Lipinski definition) is 6. The predicted octanol–water partition coefficient (Wildman–Crippen LogP) is 4.65. The number of nitrogens with zero attached hydrogens (tertiary/aromatic N) is 4. The molecule has 0 bridgehead atoms. The van der Waals surface area contributed by atoms with E-state index in [2.05, 4.69) is 47.1 Å². The third-order valence-electron chi connectivity index (χ3n) is 9.31. The van der Waals surface area contributed by atoms with Crippen molar-refractivity contribution in [3.05, 3.63) is 79.7 Å². The van der Waals surface area contributed by atoms with Gasteiger partial charge < -0.3 is 24.8 Å². The van der Waals surface area contributed by atoms with Crippen LogP contribution in [-0.4, -0.2) is 101 Å². The van der Waals surface area contributed by atoms with Gasteiger partial charge in [-0.15, -0.1) is 0 Å². The number of likely N-dealkylation sites (tertiary alicyclic amines) is 2. The van der Waals surface area contributed by atoms with Gasteiger partial charge in [-0.1, -0.05) is 36.4 Å². The topological polar surface area (TPSA) is 103 Å². The molecule has 240 valence electrons. The molecule has 3 saturated heterocycles. The number of aromatic amines is 1. The molecule has 6 rings (SSSR count). The van der Waals surface area contributed by atoms with Crippen LogP contribution in [0.1, 0.15) is 37.3 Å². The van der Waals surface area contributed by atoms with E-state index in [1.807, 2.05) is 59.6 Å². The van der Waals surface area contributed by atoms with Crippen molar-refractivity contribution in [1.29, 1.82) is 0 Å². The second-order valence-electron chi connectivity index (χ2n) is 12.1. The Kier molecular flexibility index (Phi) is 10.4. The standard InChI is InChI=1S/C33H40Br2N6O4/c34-27-7-6-23(20-28(27)35)21-30(31(42)39-14-8-25(9-15-39)38-18-12-36-13-19-38)45-33(44)40-16-10-26(11-17-40)41-22-29(37-32(41)43)24-4-2-1-3-5-24/h1-7,20,22,25-26,30,36H,8-19,21H2,(H,37,43)/t30-/m1/s1. The van der Waals surface area contributed by atoms with Crippen molar-refractivity contribution in [2.45, 2.75) is 50.3 Å². The summed E-state index contributed by atoms with van der Waals surface area (Å²) in [5.74, 6) is -0.136. The quantitative estimate of drug-likeness (QED) is 0.366. The average molecular weight is 745 g/mol. The van der Waals surface area contributed by atoms with E-state index in [1.165, 1.54) is 0 Å². The molecule has 12 heteroatoms. The Balaban J connectivity index is 1.09. The number of imidazole rings is 1. The summed E-state index contributed by atoms with van der Waals surface area (Å²) in [5.41, 5.74) is 2.49. The summed E-state index contributed by atoms with van der Waals surface area (Å²) in [5, 5.41) is 3.41. The molecule has 3 aromatic rings. The Morgan fingerprint density at radius 3 is 2.20 bits per heavy atom. The number of piperidine rings is 2. The van der Waals surface area contributed by atoms with Crippen LogP contribution in [0.15, 0.2) is 68.5 Å². The van der Waals surface area contributed by atoms with Crippen LogP contribution in [-0.2, 0) is 16.0 Å². The SMILES string of the molecule is O=C(O[C@H](Cc1ccc(Br)c(Br)c1)C(=O)N1CCC(N2CCNCC2)CC1)N1CCC(n2cc(-c3ccccc3)[nH]c2=O)CC1. The number of H-pyrrole nitrogens is 1. The summed E-state index contributed by atoms with van der Waals surface area (Å²) in [7, 11) is 0. The Labute approximate surface area is 280 Å². The van der Waals surface area contributed by atoms with Crippen molar-refractivity contribution in [3.8, 4) is 11.3 Å². The van der Waals surface area contributed by atoms with Crippen LogP contribution >= 0.6 is 31.9 Å². The van der Waals surface area contributed by atoms with Gasteiger partial charge in [0, 0.05) is 86.0 Å². The molecule has 2 amide bonds. The number of ether oxygens (including phenoxy) is 1. The van der Waals surface area contributed by atoms with E-state index in [9.17, 15) is 14.4 Å². The second-order valence-corrected chi connectivity index (χ2v) is 13.8. The smallest absolute Gasteiger partial charge is 0.410 e. The minimum Gasteiger partial charge on any atom is -0.436 e. The minimum atomic E-state index is -0.917. The normalized spacial score (nSPS) is 19.4. The van der Waals surface area contributed by atoms with Gasteiger partial charge in [-0.3, -0.25) is 14.3 Å². The number of hydrogen-bond donors (Lipinski definition) is 2. The minimum absolute atomic E-state index is 0.0233. The number of nitrogens with one attached hydrogen (secondary N) is 2. The van der Waals surface area contributed by atoms with Gasteiger partial charge in [-0.2, -0.15) is 0 Å². The van der Waals surface area contributed by atoms with Crippen LogP contribution in [0.5, 0.6) is 0 Å². The molecule has 0 radical (unpaired) electrons. The number of amides is 2. The highest BCUT2D eigenvalue weighted by atomic mass is 79.9. The van der Waals surface area contributed by atoms with E-state index < -0.39 is 12.2 Å². The fraction of sp³-hybridized carbons (Fsp3) is 0.485. The van der Waals surface area contributed by atoms with Gasteiger partial charge >= 0.3 is 11.8 Å². The Morgan fingerprint density at radius 2 is 1.51 bits per heavy atom. The maximum absolute atomic E-state index is 13.9. The van der Waals surface area contributed by atoms with Crippen LogP contribution in [0.2, 0.25) is 0 Å². The van der Waals surface area contributed by atoms with E-state index in [4.69, 9.17) is 4.74 Å². The molecule has 0 spiro atoms. The molecular weight excluding hydrogens is 704 g/mol. The molecule has 45 heavy (non-hydrogen) atoms. The molecule has 0 saturated carbocycles. The van der Waals surface area contributed by atoms with Gasteiger partial charge in [0.25, 0.3) is 5.91 Å². The molecule has 0 unspecified atom stereocenters. The molecule has 2 N–H and O–H groups in total. The summed E-state index contributed by atoms with van der Waals surface area (Å²) in [6, 6.07) is 16.1. The summed E-state index contributed by atoms with van der Waals surface area (Å²) in [4.78, 5) is 49.2. The Bertz CT molecular complexity index is 1520. The predicted molar refractivity (Wildman–Crippen MR) is 180 cm³/mol. The van der Waals surface area contributed by atoms with Gasteiger partial charge in [0.1, 0.15) is 0 Å². The monoisotopic (exact) mass is 742 g/mol. The van der Waals surface area contributed by atoms with E-state index >= 15 is 0 Å². The van der Waals surface area contributed by atoms with Crippen LogP contribution in [0, 0.1) is 0 Å². The first-order valence-electron chi connectivity index (χ1n) is 15.9.